The Morgan fingerprint density at radius 1 is 0.854 bits per heavy atom. The number of nitrogens with zero attached hydrogens (tertiary/aromatic N) is 1. The number of phenolic OH excluding ortho intramolecular Hbond substituents is 1. The van der Waals surface area contributed by atoms with Crippen LogP contribution in [0.25, 0.3) is 0 Å². The van der Waals surface area contributed by atoms with E-state index in [2.05, 4.69) is 20.9 Å². The van der Waals surface area contributed by atoms with Crippen LogP contribution >= 0.6 is 0 Å². The fraction of sp³-hybridized carbons (Fsp3) is 0.538. The number of nitrogens with one attached hydrogen (secondary N) is 3. The SMILES string of the molecule is CC(C)CC(NC(=O)C(CCC(=O)O)NC(=O)C(Cc1ccc(O)cc1)NC(=O)C(N)CCCN=C(N)N)C(=O)O. The number of aliphatic carboxylic acids is 2. The Bertz CT molecular complexity index is 1070. The van der Waals surface area contributed by atoms with Crippen molar-refractivity contribution < 1.29 is 39.3 Å². The van der Waals surface area contributed by atoms with Gasteiger partial charge >= 0.3 is 11.9 Å². The van der Waals surface area contributed by atoms with Crippen LogP contribution in [0.1, 0.15) is 51.5 Å². The average molecular weight is 580 g/mol. The first kappa shape index (κ1) is 34.6. The van der Waals surface area contributed by atoms with Gasteiger partial charge < -0.3 is 48.5 Å². The number of nitrogens with two attached hydrogens (primary N) is 3. The molecule has 4 unspecified atom stereocenters. The highest BCUT2D eigenvalue weighted by molar-refractivity contribution is 5.94. The minimum absolute atomic E-state index is 0.0126. The Hall–Kier alpha value is -4.40. The van der Waals surface area contributed by atoms with Gasteiger partial charge in [0.2, 0.25) is 17.7 Å². The van der Waals surface area contributed by atoms with E-state index >= 15 is 0 Å². The fourth-order valence-electron chi connectivity index (χ4n) is 3.78. The zero-order valence-corrected chi connectivity index (χ0v) is 23.2. The number of rotatable bonds is 18. The molecule has 0 aliphatic heterocycles. The summed E-state index contributed by atoms with van der Waals surface area (Å²) in [6.45, 7) is 3.79. The predicted molar refractivity (Wildman–Crippen MR) is 149 cm³/mol. The summed E-state index contributed by atoms with van der Waals surface area (Å²) in [5.74, 6) is -5.05. The van der Waals surface area contributed by atoms with E-state index in [0.29, 0.717) is 12.0 Å². The molecule has 0 spiro atoms. The summed E-state index contributed by atoms with van der Waals surface area (Å²) in [6.07, 6.45) is -0.175. The molecule has 0 heterocycles. The number of hydrogen-bond donors (Lipinski definition) is 9. The lowest BCUT2D eigenvalue weighted by molar-refractivity contribution is -0.143. The van der Waals surface area contributed by atoms with Gasteiger partial charge in [-0.3, -0.25) is 24.2 Å². The Morgan fingerprint density at radius 2 is 1.41 bits per heavy atom. The average Bonchev–Trinajstić information content (AvgIpc) is 2.88. The second-order valence-corrected chi connectivity index (χ2v) is 10.0. The van der Waals surface area contributed by atoms with E-state index in [9.17, 15) is 34.2 Å². The van der Waals surface area contributed by atoms with Crippen molar-refractivity contribution in [1.29, 1.82) is 0 Å². The monoisotopic (exact) mass is 579 g/mol. The number of phenols is 1. The minimum Gasteiger partial charge on any atom is -0.508 e. The smallest absolute Gasteiger partial charge is 0.326 e. The van der Waals surface area contributed by atoms with Gasteiger partial charge in [-0.25, -0.2) is 4.79 Å². The van der Waals surface area contributed by atoms with E-state index in [1.165, 1.54) is 24.3 Å². The maximum absolute atomic E-state index is 13.4. The van der Waals surface area contributed by atoms with Crippen molar-refractivity contribution in [3.05, 3.63) is 29.8 Å². The molecule has 0 saturated carbocycles. The van der Waals surface area contributed by atoms with Crippen molar-refractivity contribution in [2.45, 2.75) is 76.5 Å². The standard InChI is InChI=1S/C26H41N7O8/c1-14(2)12-20(25(40)41)33-23(38)18(9-10-21(35)36)31-24(39)19(13-15-5-7-16(34)8-6-15)32-22(37)17(27)4-3-11-30-26(28)29/h5-8,14,17-20,34H,3-4,9-13,27H2,1-2H3,(H,31,39)(H,32,37)(H,33,38)(H,35,36)(H,40,41)(H4,28,29,30). The molecule has 41 heavy (non-hydrogen) atoms. The summed E-state index contributed by atoms with van der Waals surface area (Å²) < 4.78 is 0. The van der Waals surface area contributed by atoms with Crippen LogP contribution < -0.4 is 33.2 Å². The molecule has 12 N–H and O–H groups in total. The molecule has 1 aromatic rings. The number of guanidine groups is 1. The molecule has 0 aliphatic rings. The second-order valence-electron chi connectivity index (χ2n) is 10.0. The highest BCUT2D eigenvalue weighted by Gasteiger charge is 2.31. The lowest BCUT2D eigenvalue weighted by Gasteiger charge is -2.25. The molecule has 15 nitrogen and oxygen atoms in total. The molecule has 0 bridgehead atoms. The van der Waals surface area contributed by atoms with Crippen molar-refractivity contribution >= 4 is 35.6 Å². The van der Waals surface area contributed by atoms with Crippen LogP contribution in [0.15, 0.2) is 29.3 Å². The molecule has 0 aromatic heterocycles. The number of aliphatic imine (C=N–C) groups is 1. The second kappa shape index (κ2) is 17.3. The van der Waals surface area contributed by atoms with Crippen LogP contribution in [-0.4, -0.2) is 81.7 Å². The molecule has 1 rings (SSSR count). The fourth-order valence-corrected chi connectivity index (χ4v) is 3.78. The largest absolute Gasteiger partial charge is 0.508 e. The number of benzene rings is 1. The Kier molecular flexibility index (Phi) is 14.6. The number of carbonyl (C=O) groups is 5. The molecule has 3 amide bonds. The first-order chi connectivity index (χ1) is 19.2. The summed E-state index contributed by atoms with van der Waals surface area (Å²) >= 11 is 0. The Balaban J connectivity index is 3.13. The number of hydrogen-bond acceptors (Lipinski definition) is 8. The highest BCUT2D eigenvalue weighted by atomic mass is 16.4. The molecule has 15 heteroatoms. The highest BCUT2D eigenvalue weighted by Crippen LogP contribution is 2.13. The van der Waals surface area contributed by atoms with Gasteiger partial charge in [-0.2, -0.15) is 0 Å². The molecule has 1 aromatic carbocycles. The zero-order valence-electron chi connectivity index (χ0n) is 23.2. The maximum Gasteiger partial charge on any atom is 0.326 e. The molecule has 0 radical (unpaired) electrons. The maximum atomic E-state index is 13.4. The molecular formula is C26H41N7O8. The quantitative estimate of drug-likeness (QED) is 0.0564. The van der Waals surface area contributed by atoms with Gasteiger partial charge in [-0.1, -0.05) is 26.0 Å². The lowest BCUT2D eigenvalue weighted by atomic mass is 10.0. The third kappa shape index (κ3) is 14.0. The number of aromatic hydroxyl groups is 1. The van der Waals surface area contributed by atoms with E-state index in [1.807, 2.05) is 0 Å². The minimum atomic E-state index is -1.40. The molecule has 228 valence electrons. The van der Waals surface area contributed by atoms with Gasteiger partial charge in [0.05, 0.1) is 6.04 Å². The summed E-state index contributed by atoms with van der Waals surface area (Å²) in [7, 11) is 0. The number of carboxylic acid groups (broad SMARTS) is 2. The first-order valence-corrected chi connectivity index (χ1v) is 13.1. The third-order valence-electron chi connectivity index (χ3n) is 5.92. The van der Waals surface area contributed by atoms with E-state index in [-0.39, 0.29) is 49.9 Å². The van der Waals surface area contributed by atoms with Crippen molar-refractivity contribution in [2.75, 3.05) is 6.54 Å². The normalized spacial score (nSPS) is 13.8. The van der Waals surface area contributed by atoms with Crippen molar-refractivity contribution in [3.8, 4) is 5.75 Å². The van der Waals surface area contributed by atoms with Gasteiger partial charge in [0, 0.05) is 19.4 Å². The summed E-state index contributed by atoms with van der Waals surface area (Å²) in [6, 6.07) is 0.941. The van der Waals surface area contributed by atoms with Crippen molar-refractivity contribution in [1.82, 2.24) is 16.0 Å². The van der Waals surface area contributed by atoms with Gasteiger partial charge in [0.25, 0.3) is 0 Å². The summed E-state index contributed by atoms with van der Waals surface area (Å²) in [4.78, 5) is 65.8. The predicted octanol–water partition coefficient (Wildman–Crippen LogP) is -1.23. The van der Waals surface area contributed by atoms with Crippen LogP contribution in [0, 0.1) is 5.92 Å². The van der Waals surface area contributed by atoms with Crippen molar-refractivity contribution in [3.63, 3.8) is 0 Å². The van der Waals surface area contributed by atoms with E-state index in [1.54, 1.807) is 13.8 Å². The number of amides is 3. The molecule has 0 fully saturated rings. The van der Waals surface area contributed by atoms with Crippen LogP contribution in [0.5, 0.6) is 5.75 Å². The van der Waals surface area contributed by atoms with Gasteiger partial charge in [-0.05, 0) is 49.3 Å². The first-order valence-electron chi connectivity index (χ1n) is 13.1. The van der Waals surface area contributed by atoms with Crippen molar-refractivity contribution in [2.24, 2.45) is 28.1 Å². The number of carboxylic acids is 2. The molecule has 0 saturated heterocycles. The molecule has 4 atom stereocenters. The number of carbonyl (C=O) groups excluding carboxylic acids is 3. The van der Waals surface area contributed by atoms with Gasteiger partial charge in [0.1, 0.15) is 23.9 Å². The third-order valence-corrected chi connectivity index (χ3v) is 5.92. The lowest BCUT2D eigenvalue weighted by Crippen LogP contribution is -2.57. The van der Waals surface area contributed by atoms with Crippen LogP contribution in [0.3, 0.4) is 0 Å². The van der Waals surface area contributed by atoms with Crippen LogP contribution in [0.4, 0.5) is 0 Å². The van der Waals surface area contributed by atoms with Gasteiger partial charge in [-0.15, -0.1) is 0 Å². The Labute approximate surface area is 237 Å². The van der Waals surface area contributed by atoms with E-state index in [0.717, 1.165) is 0 Å². The van der Waals surface area contributed by atoms with E-state index < -0.39 is 60.2 Å². The van der Waals surface area contributed by atoms with Crippen LogP contribution in [0.2, 0.25) is 0 Å². The van der Waals surface area contributed by atoms with Gasteiger partial charge in [0.15, 0.2) is 5.96 Å². The zero-order chi connectivity index (χ0) is 31.1. The summed E-state index contributed by atoms with van der Waals surface area (Å²) in [5.41, 5.74) is 17.1. The Morgan fingerprint density at radius 3 is 1.95 bits per heavy atom. The topological polar surface area (TPSA) is 273 Å². The van der Waals surface area contributed by atoms with Crippen LogP contribution in [-0.2, 0) is 30.4 Å². The summed E-state index contributed by atoms with van der Waals surface area (Å²) in [5, 5.41) is 35.6. The molecular weight excluding hydrogens is 538 g/mol. The van der Waals surface area contributed by atoms with E-state index in [4.69, 9.17) is 22.3 Å². The molecule has 0 aliphatic carbocycles.